The van der Waals surface area contributed by atoms with Gasteiger partial charge in [-0.3, -0.25) is 4.79 Å². The molecule has 0 aliphatic carbocycles. The molecule has 0 bridgehead atoms. The Bertz CT molecular complexity index is 1000. The van der Waals surface area contributed by atoms with Crippen molar-refractivity contribution in [2.75, 3.05) is 18.6 Å². The van der Waals surface area contributed by atoms with E-state index in [1.807, 2.05) is 26.0 Å². The van der Waals surface area contributed by atoms with Gasteiger partial charge >= 0.3 is 0 Å². The largest absolute Gasteiger partial charge is 0.466 e. The van der Waals surface area contributed by atoms with Gasteiger partial charge in [0.2, 0.25) is 5.88 Å². The number of nitrogens with zero attached hydrogens (tertiary/aromatic N) is 4. The minimum atomic E-state index is -0.231. The van der Waals surface area contributed by atoms with E-state index in [9.17, 15) is 4.79 Å². The molecule has 3 aromatic rings. The van der Waals surface area contributed by atoms with E-state index in [-0.39, 0.29) is 12.5 Å². The minimum Gasteiger partial charge on any atom is -0.466 e. The molecule has 3 rings (SSSR count). The van der Waals surface area contributed by atoms with E-state index in [0.717, 1.165) is 26.8 Å². The molecule has 0 N–H and O–H groups in total. The van der Waals surface area contributed by atoms with E-state index in [0.29, 0.717) is 16.6 Å². The first-order valence-corrected chi connectivity index (χ1v) is 9.10. The summed E-state index contributed by atoms with van der Waals surface area (Å²) in [7, 11) is 3.46. The Morgan fingerprint density at radius 3 is 2.77 bits per heavy atom. The highest BCUT2D eigenvalue weighted by molar-refractivity contribution is 9.10. The molecule has 0 spiro atoms. The van der Waals surface area contributed by atoms with E-state index in [1.54, 1.807) is 30.9 Å². The Morgan fingerprint density at radius 1 is 1.35 bits per heavy atom. The molecular weight excluding hydrogens is 420 g/mol. The molecule has 1 amide bonds. The number of rotatable bonds is 4. The van der Waals surface area contributed by atoms with Crippen molar-refractivity contribution in [3.8, 4) is 5.88 Å². The molecule has 0 aliphatic heterocycles. The second-order valence-electron chi connectivity index (χ2n) is 6.05. The summed E-state index contributed by atoms with van der Waals surface area (Å²) in [6, 6.07) is 7.31. The Balaban J connectivity index is 1.81. The number of aromatic nitrogens is 3. The van der Waals surface area contributed by atoms with Crippen LogP contribution in [-0.4, -0.2) is 34.3 Å². The number of hydrogen-bond acceptors (Lipinski definition) is 4. The molecule has 0 saturated carbocycles. The van der Waals surface area contributed by atoms with Crippen molar-refractivity contribution in [1.82, 2.24) is 14.8 Å². The van der Waals surface area contributed by atoms with Crippen LogP contribution in [0.3, 0.4) is 0 Å². The van der Waals surface area contributed by atoms with Gasteiger partial charge in [0.05, 0.1) is 16.1 Å². The van der Waals surface area contributed by atoms with Crippen LogP contribution in [0.5, 0.6) is 5.88 Å². The average Bonchev–Trinajstić information content (AvgIpc) is 2.88. The van der Waals surface area contributed by atoms with Gasteiger partial charge in [-0.15, -0.1) is 5.10 Å². The lowest BCUT2D eigenvalue weighted by Crippen LogP contribution is -2.31. The first-order chi connectivity index (χ1) is 12.3. The minimum absolute atomic E-state index is 0.150. The van der Waals surface area contributed by atoms with E-state index < -0.39 is 0 Å². The highest BCUT2D eigenvalue weighted by Gasteiger charge is 2.18. The summed E-state index contributed by atoms with van der Waals surface area (Å²) in [6.45, 7) is 3.75. The monoisotopic (exact) mass is 436 g/mol. The number of carbonyl (C=O) groups is 1. The van der Waals surface area contributed by atoms with Gasteiger partial charge in [-0.2, -0.15) is 0 Å². The molecule has 1 aromatic carbocycles. The number of likely N-dealkylation sites (N-methyl/N-ethyl adjacent to an activating group) is 1. The smallest absolute Gasteiger partial charge is 0.264 e. The van der Waals surface area contributed by atoms with Gasteiger partial charge in [0.15, 0.2) is 12.3 Å². The third-order valence-corrected chi connectivity index (χ3v) is 4.86. The van der Waals surface area contributed by atoms with Crippen molar-refractivity contribution in [2.24, 2.45) is 7.05 Å². The standard InChI is InChI=1S/C18H18BrClN4O2/c1-10-7-11(2)21-17-16(10)18(22-24(17)4)26-9-15(25)23(3)14-6-5-12(19)8-13(14)20/h5-8H,9H2,1-4H3. The Labute approximate surface area is 164 Å². The lowest BCUT2D eigenvalue weighted by Gasteiger charge is -2.18. The van der Waals surface area contributed by atoms with Crippen LogP contribution >= 0.6 is 27.5 Å². The number of benzene rings is 1. The van der Waals surface area contributed by atoms with Crippen molar-refractivity contribution in [2.45, 2.75) is 13.8 Å². The zero-order valence-corrected chi connectivity index (χ0v) is 17.2. The number of amides is 1. The number of carbonyl (C=O) groups excluding carboxylic acids is 1. The topological polar surface area (TPSA) is 60.2 Å². The van der Waals surface area contributed by atoms with Gasteiger partial charge in [-0.25, -0.2) is 9.67 Å². The average molecular weight is 438 g/mol. The van der Waals surface area contributed by atoms with Crippen molar-refractivity contribution >= 4 is 50.2 Å². The molecule has 0 unspecified atom stereocenters. The van der Waals surface area contributed by atoms with E-state index in [4.69, 9.17) is 16.3 Å². The Morgan fingerprint density at radius 2 is 2.08 bits per heavy atom. The summed E-state index contributed by atoms with van der Waals surface area (Å²) < 4.78 is 8.22. The molecule has 0 fully saturated rings. The van der Waals surface area contributed by atoms with Crippen LogP contribution in [0.1, 0.15) is 11.3 Å². The van der Waals surface area contributed by atoms with Gasteiger partial charge in [0, 0.05) is 24.3 Å². The number of ether oxygens (including phenoxy) is 1. The second-order valence-corrected chi connectivity index (χ2v) is 7.37. The quantitative estimate of drug-likeness (QED) is 0.618. The van der Waals surface area contributed by atoms with E-state index in [1.165, 1.54) is 4.90 Å². The van der Waals surface area contributed by atoms with Crippen molar-refractivity contribution in [1.29, 1.82) is 0 Å². The van der Waals surface area contributed by atoms with E-state index in [2.05, 4.69) is 26.0 Å². The first kappa shape index (κ1) is 18.7. The normalized spacial score (nSPS) is 11.0. The maximum atomic E-state index is 12.5. The highest BCUT2D eigenvalue weighted by Crippen LogP contribution is 2.29. The summed E-state index contributed by atoms with van der Waals surface area (Å²) in [6.07, 6.45) is 0. The third-order valence-electron chi connectivity index (χ3n) is 4.06. The van der Waals surface area contributed by atoms with Crippen LogP contribution in [0.25, 0.3) is 11.0 Å². The van der Waals surface area contributed by atoms with Gasteiger partial charge in [-0.1, -0.05) is 27.5 Å². The van der Waals surface area contributed by atoms with Crippen LogP contribution in [0.4, 0.5) is 5.69 Å². The molecule has 0 atom stereocenters. The van der Waals surface area contributed by atoms with Crippen LogP contribution in [0.15, 0.2) is 28.7 Å². The predicted octanol–water partition coefficient (Wildman–Crippen LogP) is 4.04. The summed E-state index contributed by atoms with van der Waals surface area (Å²) in [4.78, 5) is 18.5. The SMILES string of the molecule is Cc1cc(C)c2c(OCC(=O)N(C)c3ccc(Br)cc3Cl)nn(C)c2n1. The highest BCUT2D eigenvalue weighted by atomic mass is 79.9. The Kier molecular flexibility index (Phi) is 5.20. The fourth-order valence-electron chi connectivity index (χ4n) is 2.76. The first-order valence-electron chi connectivity index (χ1n) is 7.93. The molecule has 6 nitrogen and oxygen atoms in total. The fourth-order valence-corrected chi connectivity index (χ4v) is 3.56. The molecule has 26 heavy (non-hydrogen) atoms. The van der Waals surface area contributed by atoms with Crippen molar-refractivity contribution < 1.29 is 9.53 Å². The second kappa shape index (κ2) is 7.25. The lowest BCUT2D eigenvalue weighted by atomic mass is 10.2. The van der Waals surface area contributed by atoms with E-state index >= 15 is 0 Å². The van der Waals surface area contributed by atoms with Gasteiger partial charge in [-0.05, 0) is 43.7 Å². The summed E-state index contributed by atoms with van der Waals surface area (Å²) in [5.74, 6) is 0.168. The number of pyridine rings is 1. The van der Waals surface area contributed by atoms with Crippen LogP contribution in [-0.2, 0) is 11.8 Å². The maximum absolute atomic E-state index is 12.5. The number of aryl methyl sites for hydroxylation is 3. The Hall–Kier alpha value is -2.12. The summed E-state index contributed by atoms with van der Waals surface area (Å²) in [5, 5.41) is 5.65. The zero-order chi connectivity index (χ0) is 19.0. The summed E-state index contributed by atoms with van der Waals surface area (Å²) >= 11 is 9.57. The van der Waals surface area contributed by atoms with Crippen LogP contribution < -0.4 is 9.64 Å². The fraction of sp³-hybridized carbons (Fsp3) is 0.278. The summed E-state index contributed by atoms with van der Waals surface area (Å²) in [5.41, 5.74) is 3.26. The lowest BCUT2D eigenvalue weighted by molar-refractivity contribution is -0.120. The molecule has 2 aromatic heterocycles. The molecular formula is C18H18BrClN4O2. The number of fused-ring (bicyclic) bond motifs is 1. The molecule has 0 aliphatic rings. The number of hydrogen-bond donors (Lipinski definition) is 0. The maximum Gasteiger partial charge on any atom is 0.264 e. The molecule has 136 valence electrons. The number of halogens is 2. The van der Waals surface area contributed by atoms with Gasteiger partial charge < -0.3 is 9.64 Å². The number of anilines is 1. The van der Waals surface area contributed by atoms with Gasteiger partial charge in [0.1, 0.15) is 0 Å². The van der Waals surface area contributed by atoms with Crippen molar-refractivity contribution in [3.05, 3.63) is 45.0 Å². The molecule has 0 radical (unpaired) electrons. The zero-order valence-electron chi connectivity index (χ0n) is 14.9. The van der Waals surface area contributed by atoms with Crippen LogP contribution in [0.2, 0.25) is 5.02 Å². The molecule has 0 saturated heterocycles. The van der Waals surface area contributed by atoms with Crippen molar-refractivity contribution in [3.63, 3.8) is 0 Å². The van der Waals surface area contributed by atoms with Crippen LogP contribution in [0, 0.1) is 13.8 Å². The molecule has 2 heterocycles. The molecule has 8 heteroatoms. The van der Waals surface area contributed by atoms with Gasteiger partial charge in [0.25, 0.3) is 5.91 Å². The third kappa shape index (κ3) is 3.54. The predicted molar refractivity (Wildman–Crippen MR) is 106 cm³/mol.